The van der Waals surface area contributed by atoms with Crippen LogP contribution in [0.25, 0.3) is 22.0 Å². The molecule has 4 aromatic rings. The quantitative estimate of drug-likeness (QED) is 0.501. The number of nitrogens with one attached hydrogen (secondary N) is 1. The summed E-state index contributed by atoms with van der Waals surface area (Å²) in [6, 6.07) is 13.2. The van der Waals surface area contributed by atoms with Crippen molar-refractivity contribution in [3.8, 4) is 11.1 Å². The van der Waals surface area contributed by atoms with E-state index in [1.807, 2.05) is 37.3 Å². The van der Waals surface area contributed by atoms with E-state index in [1.165, 1.54) is 12.3 Å². The molecule has 3 heterocycles. The lowest BCUT2D eigenvalue weighted by molar-refractivity contribution is -0.141. The van der Waals surface area contributed by atoms with Gasteiger partial charge in [-0.05, 0) is 42.8 Å². The number of halogens is 3. The molecule has 3 aromatic heterocycles. The van der Waals surface area contributed by atoms with Crippen molar-refractivity contribution >= 4 is 22.5 Å². The number of rotatable bonds is 3. The van der Waals surface area contributed by atoms with Gasteiger partial charge in [-0.25, -0.2) is 0 Å². The Balaban J connectivity index is 1.69. The fourth-order valence-corrected chi connectivity index (χ4v) is 3.13. The standard InChI is InChI=1S/C22H15F3N4O/c1-13-18(16-4-2-6-19-17(16)5-3-8-26-19)10-14(12-28-13)21(30)29-15-7-9-27-20(11-15)22(23,24)25/h2-12H,1H3,(H,27,29,30). The molecule has 0 aliphatic heterocycles. The van der Waals surface area contributed by atoms with E-state index in [2.05, 4.69) is 20.3 Å². The fraction of sp³-hybridized carbons (Fsp3) is 0.0909. The normalized spacial score (nSPS) is 11.5. The van der Waals surface area contributed by atoms with Gasteiger partial charge in [-0.15, -0.1) is 0 Å². The van der Waals surface area contributed by atoms with Crippen LogP contribution in [0.15, 0.2) is 67.1 Å². The highest BCUT2D eigenvalue weighted by atomic mass is 19.4. The molecular weight excluding hydrogens is 393 g/mol. The third-order valence-corrected chi connectivity index (χ3v) is 4.59. The van der Waals surface area contributed by atoms with Crippen molar-refractivity contribution in [3.63, 3.8) is 0 Å². The van der Waals surface area contributed by atoms with E-state index in [0.717, 1.165) is 34.3 Å². The molecule has 1 N–H and O–H groups in total. The number of fused-ring (bicyclic) bond motifs is 1. The number of alkyl halides is 3. The summed E-state index contributed by atoms with van der Waals surface area (Å²) in [6.45, 7) is 1.82. The molecule has 150 valence electrons. The number of anilines is 1. The summed E-state index contributed by atoms with van der Waals surface area (Å²) in [6.07, 6.45) is -0.503. The number of carbonyl (C=O) groups excluding carboxylic acids is 1. The van der Waals surface area contributed by atoms with E-state index in [1.54, 1.807) is 12.3 Å². The highest BCUT2D eigenvalue weighted by molar-refractivity contribution is 6.05. The Hall–Kier alpha value is -3.81. The number of hydrogen-bond donors (Lipinski definition) is 1. The molecule has 4 rings (SSSR count). The Bertz CT molecular complexity index is 1250. The SMILES string of the molecule is Cc1ncc(C(=O)Nc2ccnc(C(F)(F)F)c2)cc1-c1cccc2ncccc12. The minimum Gasteiger partial charge on any atom is -0.322 e. The van der Waals surface area contributed by atoms with Gasteiger partial charge in [0.1, 0.15) is 5.69 Å². The Labute approximate surface area is 169 Å². The predicted octanol–water partition coefficient (Wildman–Crippen LogP) is 5.27. The summed E-state index contributed by atoms with van der Waals surface area (Å²) in [5, 5.41) is 3.38. The first-order valence-electron chi connectivity index (χ1n) is 8.98. The molecule has 30 heavy (non-hydrogen) atoms. The van der Waals surface area contributed by atoms with Crippen LogP contribution in [0.5, 0.6) is 0 Å². The first-order valence-corrected chi connectivity index (χ1v) is 8.98. The van der Waals surface area contributed by atoms with Crippen LogP contribution in [-0.4, -0.2) is 20.9 Å². The molecule has 0 spiro atoms. The number of aromatic nitrogens is 3. The van der Waals surface area contributed by atoms with Crippen LogP contribution in [0.3, 0.4) is 0 Å². The Morgan fingerprint density at radius 1 is 0.933 bits per heavy atom. The average molecular weight is 408 g/mol. The van der Waals surface area contributed by atoms with Crippen LogP contribution in [0.2, 0.25) is 0 Å². The second-order valence-electron chi connectivity index (χ2n) is 6.61. The lowest BCUT2D eigenvalue weighted by Gasteiger charge is -2.12. The molecule has 0 radical (unpaired) electrons. The van der Waals surface area contributed by atoms with Gasteiger partial charge < -0.3 is 5.32 Å². The van der Waals surface area contributed by atoms with Crippen molar-refractivity contribution in [3.05, 3.63) is 84.1 Å². The number of aryl methyl sites for hydroxylation is 1. The molecule has 8 heteroatoms. The third-order valence-electron chi connectivity index (χ3n) is 4.59. The van der Waals surface area contributed by atoms with Crippen molar-refractivity contribution in [2.75, 3.05) is 5.32 Å². The van der Waals surface area contributed by atoms with Gasteiger partial charge in [0.25, 0.3) is 5.91 Å². The van der Waals surface area contributed by atoms with Gasteiger partial charge in [-0.1, -0.05) is 18.2 Å². The lowest BCUT2D eigenvalue weighted by Crippen LogP contribution is -2.14. The van der Waals surface area contributed by atoms with Gasteiger partial charge >= 0.3 is 6.18 Å². The van der Waals surface area contributed by atoms with Crippen molar-refractivity contribution in [1.29, 1.82) is 0 Å². The Kier molecular flexibility index (Phi) is 4.91. The third kappa shape index (κ3) is 3.84. The molecule has 0 atom stereocenters. The molecule has 0 aliphatic rings. The molecule has 0 saturated carbocycles. The van der Waals surface area contributed by atoms with Crippen LogP contribution in [0.4, 0.5) is 18.9 Å². The van der Waals surface area contributed by atoms with E-state index in [4.69, 9.17) is 0 Å². The average Bonchev–Trinajstić information content (AvgIpc) is 2.73. The predicted molar refractivity (Wildman–Crippen MR) is 107 cm³/mol. The van der Waals surface area contributed by atoms with E-state index in [9.17, 15) is 18.0 Å². The zero-order valence-corrected chi connectivity index (χ0v) is 15.7. The lowest BCUT2D eigenvalue weighted by atomic mass is 9.98. The maximum atomic E-state index is 12.9. The van der Waals surface area contributed by atoms with Crippen LogP contribution in [0, 0.1) is 6.92 Å². The Morgan fingerprint density at radius 3 is 2.57 bits per heavy atom. The molecule has 5 nitrogen and oxygen atoms in total. The first kappa shape index (κ1) is 19.5. The summed E-state index contributed by atoms with van der Waals surface area (Å²) in [4.78, 5) is 24.6. The number of benzene rings is 1. The van der Waals surface area contributed by atoms with Crippen LogP contribution < -0.4 is 5.32 Å². The van der Waals surface area contributed by atoms with Gasteiger partial charge in [0.2, 0.25) is 0 Å². The van der Waals surface area contributed by atoms with Gasteiger partial charge in [-0.3, -0.25) is 19.7 Å². The minimum atomic E-state index is -4.60. The molecule has 0 saturated heterocycles. The maximum absolute atomic E-state index is 12.9. The number of carbonyl (C=O) groups is 1. The monoisotopic (exact) mass is 408 g/mol. The highest BCUT2D eigenvalue weighted by Gasteiger charge is 2.32. The van der Waals surface area contributed by atoms with Crippen LogP contribution >= 0.6 is 0 Å². The largest absolute Gasteiger partial charge is 0.433 e. The Morgan fingerprint density at radius 2 is 1.77 bits per heavy atom. The smallest absolute Gasteiger partial charge is 0.322 e. The summed E-state index contributed by atoms with van der Waals surface area (Å²) >= 11 is 0. The van der Waals surface area contributed by atoms with Crippen molar-refractivity contribution in [2.24, 2.45) is 0 Å². The van der Waals surface area contributed by atoms with Gasteiger partial charge in [0, 0.05) is 40.9 Å². The molecule has 0 bridgehead atoms. The summed E-state index contributed by atoms with van der Waals surface area (Å²) in [5.74, 6) is -0.568. The summed E-state index contributed by atoms with van der Waals surface area (Å²) < 4.78 is 38.6. The van der Waals surface area contributed by atoms with E-state index in [0.29, 0.717) is 5.69 Å². The number of nitrogens with zero attached hydrogens (tertiary/aromatic N) is 3. The topological polar surface area (TPSA) is 67.8 Å². The molecule has 0 unspecified atom stereocenters. The van der Waals surface area contributed by atoms with Crippen molar-refractivity contribution in [2.45, 2.75) is 13.1 Å². The number of pyridine rings is 3. The molecule has 1 amide bonds. The maximum Gasteiger partial charge on any atom is 0.433 e. The second kappa shape index (κ2) is 7.55. The minimum absolute atomic E-state index is 0.00110. The van der Waals surface area contributed by atoms with Gasteiger partial charge in [0.15, 0.2) is 0 Å². The molecular formula is C22H15F3N4O. The number of amides is 1. The highest BCUT2D eigenvalue weighted by Crippen LogP contribution is 2.31. The van der Waals surface area contributed by atoms with Crippen molar-refractivity contribution < 1.29 is 18.0 Å². The van der Waals surface area contributed by atoms with Gasteiger partial charge in [-0.2, -0.15) is 13.2 Å². The molecule has 0 aliphatic carbocycles. The van der Waals surface area contributed by atoms with E-state index >= 15 is 0 Å². The molecule has 1 aromatic carbocycles. The zero-order chi connectivity index (χ0) is 21.3. The number of hydrogen-bond acceptors (Lipinski definition) is 4. The molecule has 0 fully saturated rings. The summed E-state index contributed by atoms with van der Waals surface area (Å²) in [5.41, 5.74) is 2.27. The van der Waals surface area contributed by atoms with E-state index in [-0.39, 0.29) is 11.3 Å². The van der Waals surface area contributed by atoms with E-state index < -0.39 is 17.8 Å². The fourth-order valence-electron chi connectivity index (χ4n) is 3.13. The van der Waals surface area contributed by atoms with Crippen molar-refractivity contribution in [1.82, 2.24) is 15.0 Å². The van der Waals surface area contributed by atoms with Gasteiger partial charge in [0.05, 0.1) is 11.1 Å². The van der Waals surface area contributed by atoms with Crippen LogP contribution in [0.1, 0.15) is 21.7 Å². The second-order valence-corrected chi connectivity index (χ2v) is 6.61. The zero-order valence-electron chi connectivity index (χ0n) is 15.7. The summed E-state index contributed by atoms with van der Waals surface area (Å²) in [7, 11) is 0. The first-order chi connectivity index (χ1) is 14.3. The van der Waals surface area contributed by atoms with Crippen LogP contribution in [-0.2, 0) is 6.18 Å².